The van der Waals surface area contributed by atoms with Gasteiger partial charge in [0, 0.05) is 11.1 Å². The fraction of sp³-hybridized carbons (Fsp3) is 0.176. The zero-order valence-electron chi connectivity index (χ0n) is 13.2. The summed E-state index contributed by atoms with van der Waals surface area (Å²) in [6.45, 7) is 1.95. The van der Waals surface area contributed by atoms with E-state index in [0.29, 0.717) is 11.1 Å². The Balaban J connectivity index is 2.11. The van der Waals surface area contributed by atoms with E-state index < -0.39 is 0 Å². The number of nitrogens with one attached hydrogen (secondary N) is 1. The maximum absolute atomic E-state index is 11.9. The second-order valence-electron chi connectivity index (χ2n) is 4.84. The lowest BCUT2D eigenvalue weighted by atomic mass is 10.1. The molecule has 2 rings (SSSR count). The second-order valence-corrected chi connectivity index (χ2v) is 4.84. The lowest BCUT2D eigenvalue weighted by molar-refractivity contribution is 0.0955. The first-order valence-electron chi connectivity index (χ1n) is 6.90. The van der Waals surface area contributed by atoms with Gasteiger partial charge >= 0.3 is 0 Å². The topological polar surface area (TPSA) is 80.2 Å². The maximum Gasteiger partial charge on any atom is 0.271 e. The molecule has 0 aliphatic rings. The van der Waals surface area contributed by atoms with Crippen molar-refractivity contribution in [3.63, 3.8) is 0 Å². The maximum atomic E-state index is 11.9. The van der Waals surface area contributed by atoms with E-state index >= 15 is 0 Å². The third-order valence-electron chi connectivity index (χ3n) is 3.20. The van der Waals surface area contributed by atoms with E-state index in [4.69, 9.17) is 9.47 Å². The highest BCUT2D eigenvalue weighted by Gasteiger charge is 2.10. The lowest BCUT2D eigenvalue weighted by Gasteiger charge is -2.09. The first-order chi connectivity index (χ1) is 11.0. The van der Waals surface area contributed by atoms with Gasteiger partial charge in [0.05, 0.1) is 20.4 Å². The molecule has 120 valence electrons. The Hall–Kier alpha value is -3.02. The van der Waals surface area contributed by atoms with Crippen molar-refractivity contribution in [2.45, 2.75) is 6.92 Å². The van der Waals surface area contributed by atoms with Gasteiger partial charge in [-0.25, -0.2) is 5.43 Å². The van der Waals surface area contributed by atoms with E-state index in [1.165, 1.54) is 20.4 Å². The summed E-state index contributed by atoms with van der Waals surface area (Å²) in [7, 11) is 2.88. The number of ether oxygens (including phenoxy) is 2. The van der Waals surface area contributed by atoms with Crippen molar-refractivity contribution in [1.82, 2.24) is 5.43 Å². The molecule has 0 atom stereocenters. The van der Waals surface area contributed by atoms with Crippen LogP contribution in [0.2, 0.25) is 0 Å². The van der Waals surface area contributed by atoms with Crippen LogP contribution in [0.5, 0.6) is 17.2 Å². The molecular weight excluding hydrogens is 296 g/mol. The summed E-state index contributed by atoms with van der Waals surface area (Å²) in [6, 6.07) is 10.3. The van der Waals surface area contributed by atoms with Crippen molar-refractivity contribution >= 4 is 12.1 Å². The van der Waals surface area contributed by atoms with Crippen LogP contribution in [-0.4, -0.2) is 31.4 Å². The highest BCUT2D eigenvalue weighted by Crippen LogP contribution is 2.36. The summed E-state index contributed by atoms with van der Waals surface area (Å²) in [5.41, 5.74) is 4.65. The van der Waals surface area contributed by atoms with Crippen LogP contribution >= 0.6 is 0 Å². The Bertz CT molecular complexity index is 699. The Kier molecular flexibility index (Phi) is 5.19. The number of hydrogen-bond acceptors (Lipinski definition) is 5. The molecule has 0 radical (unpaired) electrons. The van der Waals surface area contributed by atoms with Crippen LogP contribution in [0.1, 0.15) is 21.5 Å². The molecule has 0 saturated carbocycles. The van der Waals surface area contributed by atoms with Gasteiger partial charge in [0.25, 0.3) is 5.91 Å². The van der Waals surface area contributed by atoms with E-state index in [1.807, 2.05) is 19.1 Å². The highest BCUT2D eigenvalue weighted by atomic mass is 16.5. The van der Waals surface area contributed by atoms with Crippen molar-refractivity contribution in [1.29, 1.82) is 0 Å². The molecule has 0 heterocycles. The van der Waals surface area contributed by atoms with E-state index in [0.717, 1.165) is 5.56 Å². The number of carbonyl (C=O) groups excluding carboxylic acids is 1. The molecule has 2 aromatic carbocycles. The van der Waals surface area contributed by atoms with E-state index in [-0.39, 0.29) is 23.2 Å². The van der Waals surface area contributed by atoms with Gasteiger partial charge in [0.1, 0.15) is 0 Å². The molecule has 0 unspecified atom stereocenters. The highest BCUT2D eigenvalue weighted by molar-refractivity contribution is 5.95. The number of aryl methyl sites for hydroxylation is 1. The number of carbonyl (C=O) groups is 1. The van der Waals surface area contributed by atoms with Crippen molar-refractivity contribution in [3.05, 3.63) is 53.1 Å². The van der Waals surface area contributed by atoms with Crippen LogP contribution in [0.25, 0.3) is 0 Å². The molecule has 0 saturated heterocycles. The largest absolute Gasteiger partial charge is 0.502 e. The number of nitrogens with zero attached hydrogens (tertiary/aromatic N) is 1. The summed E-state index contributed by atoms with van der Waals surface area (Å²) in [5.74, 6) is 0.126. The fourth-order valence-electron chi connectivity index (χ4n) is 1.92. The Morgan fingerprint density at radius 1 is 1.13 bits per heavy atom. The van der Waals surface area contributed by atoms with Crippen LogP contribution < -0.4 is 14.9 Å². The molecule has 0 fully saturated rings. The Morgan fingerprint density at radius 2 is 1.70 bits per heavy atom. The minimum absolute atomic E-state index is 0.0872. The molecule has 0 aliphatic heterocycles. The third kappa shape index (κ3) is 4.00. The minimum atomic E-state index is -0.307. The summed E-state index contributed by atoms with van der Waals surface area (Å²) in [5, 5.41) is 13.7. The molecule has 1 amide bonds. The first kappa shape index (κ1) is 16.4. The number of benzene rings is 2. The van der Waals surface area contributed by atoms with Crippen LogP contribution in [0.3, 0.4) is 0 Å². The van der Waals surface area contributed by atoms with E-state index in [1.54, 1.807) is 24.3 Å². The Labute approximate surface area is 134 Å². The number of rotatable bonds is 5. The molecule has 2 N–H and O–H groups in total. The van der Waals surface area contributed by atoms with Crippen molar-refractivity contribution < 1.29 is 19.4 Å². The summed E-state index contributed by atoms with van der Waals surface area (Å²) < 4.78 is 10.1. The molecule has 0 aliphatic carbocycles. The SMILES string of the molecule is COc1cc(C=NNC(=O)c2ccc(C)cc2)cc(OC)c1O. The molecule has 2 aromatic rings. The van der Waals surface area contributed by atoms with Crippen molar-refractivity contribution in [2.75, 3.05) is 14.2 Å². The van der Waals surface area contributed by atoms with Gasteiger partial charge < -0.3 is 14.6 Å². The minimum Gasteiger partial charge on any atom is -0.502 e. The predicted molar refractivity (Wildman–Crippen MR) is 87.5 cm³/mol. The number of hydrogen-bond donors (Lipinski definition) is 2. The average molecular weight is 314 g/mol. The van der Waals surface area contributed by atoms with Gasteiger partial charge in [0.15, 0.2) is 11.5 Å². The predicted octanol–water partition coefficient (Wildman–Crippen LogP) is 2.48. The smallest absolute Gasteiger partial charge is 0.271 e. The first-order valence-corrected chi connectivity index (χ1v) is 6.90. The number of methoxy groups -OCH3 is 2. The molecule has 0 aromatic heterocycles. The third-order valence-corrected chi connectivity index (χ3v) is 3.20. The van der Waals surface area contributed by atoms with Crippen LogP contribution in [0.4, 0.5) is 0 Å². The summed E-state index contributed by atoms with van der Waals surface area (Å²) in [6.07, 6.45) is 1.44. The monoisotopic (exact) mass is 314 g/mol. The fourth-order valence-corrected chi connectivity index (χ4v) is 1.92. The molecule has 23 heavy (non-hydrogen) atoms. The molecule has 0 bridgehead atoms. The Morgan fingerprint density at radius 3 is 2.22 bits per heavy atom. The molecule has 6 nitrogen and oxygen atoms in total. The van der Waals surface area contributed by atoms with Crippen LogP contribution in [-0.2, 0) is 0 Å². The molecular formula is C17H18N2O4. The van der Waals surface area contributed by atoms with Gasteiger partial charge in [-0.3, -0.25) is 4.79 Å². The van der Waals surface area contributed by atoms with Crippen LogP contribution in [0, 0.1) is 6.92 Å². The standard InChI is InChI=1S/C17H18N2O4/c1-11-4-6-13(7-5-11)17(21)19-18-10-12-8-14(22-2)16(20)15(9-12)23-3/h4-10,20H,1-3H3,(H,19,21). The second kappa shape index (κ2) is 7.31. The summed E-state index contributed by atoms with van der Waals surface area (Å²) in [4.78, 5) is 11.9. The van der Waals surface area contributed by atoms with Gasteiger partial charge in [-0.1, -0.05) is 17.7 Å². The van der Waals surface area contributed by atoms with Crippen LogP contribution in [0.15, 0.2) is 41.5 Å². The number of hydrazone groups is 1. The van der Waals surface area contributed by atoms with Gasteiger partial charge in [-0.2, -0.15) is 5.10 Å². The quantitative estimate of drug-likeness (QED) is 0.656. The number of phenols is 1. The zero-order valence-corrected chi connectivity index (χ0v) is 13.2. The van der Waals surface area contributed by atoms with Crippen molar-refractivity contribution in [2.24, 2.45) is 5.10 Å². The average Bonchev–Trinajstić information content (AvgIpc) is 2.56. The summed E-state index contributed by atoms with van der Waals surface area (Å²) >= 11 is 0. The van der Waals surface area contributed by atoms with Gasteiger partial charge in [-0.15, -0.1) is 0 Å². The number of phenolic OH excluding ortho intramolecular Hbond substituents is 1. The van der Waals surface area contributed by atoms with E-state index in [2.05, 4.69) is 10.5 Å². The van der Waals surface area contributed by atoms with Crippen molar-refractivity contribution in [3.8, 4) is 17.2 Å². The number of amides is 1. The zero-order chi connectivity index (χ0) is 16.8. The normalized spacial score (nSPS) is 10.6. The molecule has 6 heteroatoms. The number of aromatic hydroxyl groups is 1. The molecule has 0 spiro atoms. The van der Waals surface area contributed by atoms with Gasteiger partial charge in [-0.05, 0) is 31.2 Å². The van der Waals surface area contributed by atoms with Gasteiger partial charge in [0.2, 0.25) is 5.75 Å². The van der Waals surface area contributed by atoms with E-state index in [9.17, 15) is 9.90 Å². The lowest BCUT2D eigenvalue weighted by Crippen LogP contribution is -2.17.